The lowest BCUT2D eigenvalue weighted by molar-refractivity contribution is 0.537. The van der Waals surface area contributed by atoms with E-state index in [1.165, 1.54) is 11.3 Å². The minimum absolute atomic E-state index is 0.123. The highest BCUT2D eigenvalue weighted by Gasteiger charge is 2.24. The fourth-order valence-electron chi connectivity index (χ4n) is 3.07. The van der Waals surface area contributed by atoms with Gasteiger partial charge in [-0.1, -0.05) is 12.1 Å². The highest BCUT2D eigenvalue weighted by Crippen LogP contribution is 2.30. The van der Waals surface area contributed by atoms with Crippen molar-refractivity contribution in [1.29, 1.82) is 5.26 Å². The first kappa shape index (κ1) is 12.9. The first-order valence-corrected chi connectivity index (χ1v) is 7.00. The average molecular weight is 266 g/mol. The quantitative estimate of drug-likeness (QED) is 0.907. The number of nitrogens with two attached hydrogens (primary N) is 1. The van der Waals surface area contributed by atoms with Crippen LogP contribution in [0.15, 0.2) is 24.3 Å². The molecule has 102 valence electrons. The van der Waals surface area contributed by atoms with Gasteiger partial charge in [0.05, 0.1) is 23.9 Å². The smallest absolute Gasteiger partial charge is 0.0991 e. The van der Waals surface area contributed by atoms with E-state index in [2.05, 4.69) is 15.8 Å². The van der Waals surface area contributed by atoms with Gasteiger partial charge in [-0.25, -0.2) is 0 Å². The van der Waals surface area contributed by atoms with E-state index in [9.17, 15) is 0 Å². The molecular weight excluding hydrogens is 248 g/mol. The first-order valence-electron chi connectivity index (χ1n) is 7.00. The lowest BCUT2D eigenvalue weighted by Gasteiger charge is -2.20. The summed E-state index contributed by atoms with van der Waals surface area (Å²) in [7, 11) is 0. The van der Waals surface area contributed by atoms with Crippen LogP contribution in [0.4, 0.5) is 0 Å². The van der Waals surface area contributed by atoms with Gasteiger partial charge in [0.25, 0.3) is 0 Å². The van der Waals surface area contributed by atoms with Crippen molar-refractivity contribution >= 4 is 0 Å². The molecule has 3 rings (SSSR count). The molecule has 1 aliphatic carbocycles. The second-order valence-corrected chi connectivity index (χ2v) is 5.41. The van der Waals surface area contributed by atoms with Crippen LogP contribution in [0, 0.1) is 18.3 Å². The van der Waals surface area contributed by atoms with Gasteiger partial charge < -0.3 is 5.73 Å². The number of hydrogen-bond donors (Lipinski definition) is 1. The van der Waals surface area contributed by atoms with E-state index in [0.29, 0.717) is 12.1 Å². The zero-order valence-electron chi connectivity index (χ0n) is 11.6. The minimum atomic E-state index is 0.123. The maximum absolute atomic E-state index is 8.97. The van der Waals surface area contributed by atoms with Crippen molar-refractivity contribution in [3.05, 3.63) is 52.3 Å². The van der Waals surface area contributed by atoms with Gasteiger partial charge in [0, 0.05) is 17.3 Å². The zero-order valence-corrected chi connectivity index (χ0v) is 11.6. The van der Waals surface area contributed by atoms with Crippen LogP contribution >= 0.6 is 0 Å². The van der Waals surface area contributed by atoms with Crippen LogP contribution in [-0.4, -0.2) is 9.78 Å². The number of fused-ring (bicyclic) bond motifs is 1. The van der Waals surface area contributed by atoms with E-state index in [1.807, 2.05) is 31.2 Å². The second kappa shape index (κ2) is 5.10. The van der Waals surface area contributed by atoms with Crippen molar-refractivity contribution in [2.75, 3.05) is 0 Å². The monoisotopic (exact) mass is 266 g/mol. The Kier molecular flexibility index (Phi) is 3.29. The molecule has 1 aromatic carbocycles. The zero-order chi connectivity index (χ0) is 14.1. The molecule has 0 saturated carbocycles. The van der Waals surface area contributed by atoms with Crippen molar-refractivity contribution in [3.63, 3.8) is 0 Å². The molecule has 4 nitrogen and oxygen atoms in total. The number of nitriles is 1. The molecule has 2 N–H and O–H groups in total. The molecule has 1 heterocycles. The number of hydrogen-bond acceptors (Lipinski definition) is 3. The van der Waals surface area contributed by atoms with Gasteiger partial charge in [0.2, 0.25) is 0 Å². The standard InChI is InChI=1S/C16H18N4/c1-11-16-14(18)6-3-7-15(16)20(19-11)10-13-5-2-4-12(8-13)9-17/h2,4-5,8,14H,3,6-7,10,18H2,1H3. The Balaban J connectivity index is 1.95. The van der Waals surface area contributed by atoms with Gasteiger partial charge in [-0.3, -0.25) is 4.68 Å². The van der Waals surface area contributed by atoms with Crippen LogP contribution in [0.5, 0.6) is 0 Å². The minimum Gasteiger partial charge on any atom is -0.324 e. The summed E-state index contributed by atoms with van der Waals surface area (Å²) in [4.78, 5) is 0. The van der Waals surface area contributed by atoms with Gasteiger partial charge in [-0.05, 0) is 43.9 Å². The Morgan fingerprint density at radius 3 is 3.15 bits per heavy atom. The number of aryl methyl sites for hydroxylation is 1. The third-order valence-electron chi connectivity index (χ3n) is 3.97. The molecule has 4 heteroatoms. The number of aromatic nitrogens is 2. The highest BCUT2D eigenvalue weighted by atomic mass is 15.3. The predicted octanol–water partition coefficient (Wildman–Crippen LogP) is 2.45. The molecule has 0 radical (unpaired) electrons. The third-order valence-corrected chi connectivity index (χ3v) is 3.97. The van der Waals surface area contributed by atoms with E-state index in [4.69, 9.17) is 11.0 Å². The first-order chi connectivity index (χ1) is 9.69. The number of benzene rings is 1. The Bertz CT molecular complexity index is 678. The Hall–Kier alpha value is -2.12. The van der Waals surface area contributed by atoms with Gasteiger partial charge >= 0.3 is 0 Å². The summed E-state index contributed by atoms with van der Waals surface area (Å²) in [6, 6.07) is 10.0. The third kappa shape index (κ3) is 2.21. The topological polar surface area (TPSA) is 67.6 Å². The van der Waals surface area contributed by atoms with Crippen LogP contribution in [-0.2, 0) is 13.0 Å². The fourth-order valence-corrected chi connectivity index (χ4v) is 3.07. The van der Waals surface area contributed by atoms with Gasteiger partial charge in [-0.15, -0.1) is 0 Å². The van der Waals surface area contributed by atoms with Crippen LogP contribution in [0.3, 0.4) is 0 Å². The molecule has 1 aromatic heterocycles. The molecular formula is C16H18N4. The van der Waals surface area contributed by atoms with Gasteiger partial charge in [0.1, 0.15) is 0 Å². The number of nitrogens with zero attached hydrogens (tertiary/aromatic N) is 3. The summed E-state index contributed by atoms with van der Waals surface area (Å²) < 4.78 is 2.06. The molecule has 1 aliphatic rings. The Morgan fingerprint density at radius 1 is 1.50 bits per heavy atom. The van der Waals surface area contributed by atoms with Crippen LogP contribution in [0.25, 0.3) is 0 Å². The van der Waals surface area contributed by atoms with E-state index in [1.54, 1.807) is 0 Å². The highest BCUT2D eigenvalue weighted by molar-refractivity contribution is 5.35. The van der Waals surface area contributed by atoms with Crippen molar-refractivity contribution in [2.24, 2.45) is 5.73 Å². The van der Waals surface area contributed by atoms with Crippen LogP contribution in [0.2, 0.25) is 0 Å². The summed E-state index contributed by atoms with van der Waals surface area (Å²) >= 11 is 0. The van der Waals surface area contributed by atoms with Crippen LogP contribution in [0.1, 0.15) is 47.0 Å². The van der Waals surface area contributed by atoms with Gasteiger partial charge in [-0.2, -0.15) is 10.4 Å². The van der Waals surface area contributed by atoms with Crippen molar-refractivity contribution in [3.8, 4) is 6.07 Å². The number of rotatable bonds is 2. The molecule has 1 unspecified atom stereocenters. The lowest BCUT2D eigenvalue weighted by atomic mass is 9.92. The molecule has 20 heavy (non-hydrogen) atoms. The van der Waals surface area contributed by atoms with Crippen molar-refractivity contribution in [2.45, 2.75) is 38.8 Å². The lowest BCUT2D eigenvalue weighted by Crippen LogP contribution is -2.19. The molecule has 0 saturated heterocycles. The average Bonchev–Trinajstić information content (AvgIpc) is 2.77. The summed E-state index contributed by atoms with van der Waals surface area (Å²) in [5, 5.41) is 13.6. The molecule has 0 fully saturated rings. The molecule has 0 amide bonds. The second-order valence-electron chi connectivity index (χ2n) is 5.41. The van der Waals surface area contributed by atoms with Gasteiger partial charge in [0.15, 0.2) is 0 Å². The van der Waals surface area contributed by atoms with E-state index >= 15 is 0 Å². The maximum Gasteiger partial charge on any atom is 0.0991 e. The molecule has 1 atom stereocenters. The Morgan fingerprint density at radius 2 is 2.35 bits per heavy atom. The van der Waals surface area contributed by atoms with E-state index in [-0.39, 0.29) is 6.04 Å². The fraction of sp³-hybridized carbons (Fsp3) is 0.375. The van der Waals surface area contributed by atoms with E-state index in [0.717, 1.165) is 30.5 Å². The molecule has 0 aliphatic heterocycles. The van der Waals surface area contributed by atoms with Crippen LogP contribution < -0.4 is 5.73 Å². The maximum atomic E-state index is 8.97. The van der Waals surface area contributed by atoms with E-state index < -0.39 is 0 Å². The summed E-state index contributed by atoms with van der Waals surface area (Å²) in [5.74, 6) is 0. The SMILES string of the molecule is Cc1nn(Cc2cccc(C#N)c2)c2c1C(N)CCC2. The molecule has 0 bridgehead atoms. The van der Waals surface area contributed by atoms with Crippen molar-refractivity contribution < 1.29 is 0 Å². The molecule has 0 spiro atoms. The summed E-state index contributed by atoms with van der Waals surface area (Å²) in [6.45, 7) is 2.74. The Labute approximate surface area is 118 Å². The summed E-state index contributed by atoms with van der Waals surface area (Å²) in [5.41, 5.74) is 11.5. The van der Waals surface area contributed by atoms with Crippen molar-refractivity contribution in [1.82, 2.24) is 9.78 Å². The largest absolute Gasteiger partial charge is 0.324 e. The molecule has 2 aromatic rings. The normalized spacial score (nSPS) is 17.6. The predicted molar refractivity (Wildman–Crippen MR) is 77.1 cm³/mol. The summed E-state index contributed by atoms with van der Waals surface area (Å²) in [6.07, 6.45) is 3.21.